The summed E-state index contributed by atoms with van der Waals surface area (Å²) in [5.41, 5.74) is 1.97. The normalized spacial score (nSPS) is 11.3. The molecular formula is C18H18N2O2. The zero-order valence-corrected chi connectivity index (χ0v) is 12.5. The van der Waals surface area contributed by atoms with E-state index in [1.54, 1.807) is 24.5 Å². The van der Waals surface area contributed by atoms with Gasteiger partial charge in [-0.25, -0.2) is 0 Å². The minimum atomic E-state index is -0.177. The molecule has 4 nitrogen and oxygen atoms in total. The molecule has 0 bridgehead atoms. The van der Waals surface area contributed by atoms with Gasteiger partial charge in [0.1, 0.15) is 5.76 Å². The number of amides is 1. The molecule has 4 heteroatoms. The average molecular weight is 294 g/mol. The fraction of sp³-hybridized carbons (Fsp3) is 0.167. The largest absolute Gasteiger partial charge is 0.465 e. The second kappa shape index (κ2) is 6.35. The Balaban J connectivity index is 1.72. The van der Waals surface area contributed by atoms with Crippen LogP contribution in [0.15, 0.2) is 59.4 Å². The van der Waals surface area contributed by atoms with Gasteiger partial charge >= 0.3 is 0 Å². The quantitative estimate of drug-likeness (QED) is 0.713. The third kappa shape index (κ3) is 3.11. The smallest absolute Gasteiger partial charge is 0.248 e. The van der Waals surface area contributed by atoms with Gasteiger partial charge in [-0.2, -0.15) is 0 Å². The topological polar surface area (TPSA) is 47.2 Å². The minimum absolute atomic E-state index is 0.177. The molecule has 2 heterocycles. The molecule has 112 valence electrons. The molecule has 1 amide bonds. The van der Waals surface area contributed by atoms with Crippen LogP contribution in [0.1, 0.15) is 19.1 Å². The highest BCUT2D eigenvalue weighted by atomic mass is 16.3. The zero-order valence-electron chi connectivity index (χ0n) is 12.5. The van der Waals surface area contributed by atoms with Crippen molar-refractivity contribution in [3.63, 3.8) is 0 Å². The summed E-state index contributed by atoms with van der Waals surface area (Å²) in [7, 11) is 0. The maximum Gasteiger partial charge on any atom is 0.248 e. The van der Waals surface area contributed by atoms with Gasteiger partial charge in [-0.1, -0.05) is 6.92 Å². The lowest BCUT2D eigenvalue weighted by atomic mass is 10.2. The van der Waals surface area contributed by atoms with Crippen LogP contribution in [0.4, 0.5) is 5.69 Å². The molecule has 3 aromatic rings. The predicted molar refractivity (Wildman–Crippen MR) is 88.6 cm³/mol. The van der Waals surface area contributed by atoms with E-state index in [2.05, 4.69) is 29.1 Å². The molecule has 3 rings (SSSR count). The Labute approximate surface area is 129 Å². The second-order valence-electron chi connectivity index (χ2n) is 5.12. The first-order valence-corrected chi connectivity index (χ1v) is 7.38. The van der Waals surface area contributed by atoms with Crippen molar-refractivity contribution in [2.24, 2.45) is 0 Å². The van der Waals surface area contributed by atoms with Crippen LogP contribution >= 0.6 is 0 Å². The van der Waals surface area contributed by atoms with Crippen molar-refractivity contribution in [3.05, 3.63) is 60.7 Å². The van der Waals surface area contributed by atoms with Crippen LogP contribution in [0.25, 0.3) is 17.0 Å². The molecule has 0 saturated carbocycles. The van der Waals surface area contributed by atoms with Gasteiger partial charge in [0.05, 0.1) is 6.26 Å². The van der Waals surface area contributed by atoms with Crippen LogP contribution in [0, 0.1) is 0 Å². The molecule has 0 aliphatic rings. The Morgan fingerprint density at radius 2 is 2.23 bits per heavy atom. The number of aryl methyl sites for hydroxylation is 1. The van der Waals surface area contributed by atoms with Crippen LogP contribution < -0.4 is 5.32 Å². The van der Waals surface area contributed by atoms with E-state index >= 15 is 0 Å². The SMILES string of the molecule is CCCn1ccc2cc(NC(=O)/C=C/c3ccco3)ccc21. The Morgan fingerprint density at radius 1 is 1.32 bits per heavy atom. The van der Waals surface area contributed by atoms with Gasteiger partial charge in [0.25, 0.3) is 0 Å². The summed E-state index contributed by atoms with van der Waals surface area (Å²) in [6, 6.07) is 11.6. The van der Waals surface area contributed by atoms with Crippen LogP contribution in [-0.2, 0) is 11.3 Å². The molecule has 2 aromatic heterocycles. The molecule has 1 aromatic carbocycles. The number of hydrogen-bond acceptors (Lipinski definition) is 2. The Morgan fingerprint density at radius 3 is 3.00 bits per heavy atom. The van der Waals surface area contributed by atoms with E-state index in [4.69, 9.17) is 4.42 Å². The highest BCUT2D eigenvalue weighted by molar-refractivity contribution is 6.02. The van der Waals surface area contributed by atoms with E-state index in [-0.39, 0.29) is 5.91 Å². The van der Waals surface area contributed by atoms with Crippen molar-refractivity contribution in [3.8, 4) is 0 Å². The number of aromatic nitrogens is 1. The average Bonchev–Trinajstić information content (AvgIpc) is 3.15. The number of fused-ring (bicyclic) bond motifs is 1. The summed E-state index contributed by atoms with van der Waals surface area (Å²) < 4.78 is 7.37. The van der Waals surface area contributed by atoms with Gasteiger partial charge in [-0.05, 0) is 48.9 Å². The highest BCUT2D eigenvalue weighted by Crippen LogP contribution is 2.21. The molecule has 0 aliphatic carbocycles. The third-order valence-corrected chi connectivity index (χ3v) is 3.45. The molecule has 0 aliphatic heterocycles. The number of hydrogen-bond donors (Lipinski definition) is 1. The lowest BCUT2D eigenvalue weighted by molar-refractivity contribution is -0.111. The number of carbonyl (C=O) groups excluding carboxylic acids is 1. The summed E-state index contributed by atoms with van der Waals surface area (Å²) >= 11 is 0. The summed E-state index contributed by atoms with van der Waals surface area (Å²) in [6.07, 6.45) is 7.86. The minimum Gasteiger partial charge on any atom is -0.465 e. The summed E-state index contributed by atoms with van der Waals surface area (Å²) in [6.45, 7) is 3.16. The summed E-state index contributed by atoms with van der Waals surface area (Å²) in [5.74, 6) is 0.478. The van der Waals surface area contributed by atoms with Crippen molar-refractivity contribution in [2.75, 3.05) is 5.32 Å². The van der Waals surface area contributed by atoms with Crippen molar-refractivity contribution >= 4 is 28.6 Å². The molecule has 0 radical (unpaired) electrons. The maximum absolute atomic E-state index is 11.9. The summed E-state index contributed by atoms with van der Waals surface area (Å²) in [4.78, 5) is 11.9. The Bertz CT molecular complexity index is 798. The maximum atomic E-state index is 11.9. The van der Waals surface area contributed by atoms with Crippen LogP contribution in [0.2, 0.25) is 0 Å². The van der Waals surface area contributed by atoms with Gasteiger partial charge in [-0.3, -0.25) is 4.79 Å². The molecule has 0 spiro atoms. The number of furan rings is 1. The van der Waals surface area contributed by atoms with Crippen molar-refractivity contribution in [2.45, 2.75) is 19.9 Å². The van der Waals surface area contributed by atoms with Gasteiger partial charge in [0, 0.05) is 35.4 Å². The van der Waals surface area contributed by atoms with Gasteiger partial charge < -0.3 is 14.3 Å². The number of nitrogens with zero attached hydrogens (tertiary/aromatic N) is 1. The summed E-state index contributed by atoms with van der Waals surface area (Å²) in [5, 5.41) is 3.99. The van der Waals surface area contributed by atoms with Gasteiger partial charge in [0.15, 0.2) is 0 Å². The van der Waals surface area contributed by atoms with E-state index in [0.29, 0.717) is 5.76 Å². The molecule has 0 saturated heterocycles. The van der Waals surface area contributed by atoms with E-state index in [0.717, 1.165) is 24.0 Å². The third-order valence-electron chi connectivity index (χ3n) is 3.45. The fourth-order valence-electron chi connectivity index (χ4n) is 2.44. The number of nitrogens with one attached hydrogen (secondary N) is 1. The van der Waals surface area contributed by atoms with E-state index in [1.165, 1.54) is 11.6 Å². The van der Waals surface area contributed by atoms with E-state index in [1.807, 2.05) is 18.2 Å². The van der Waals surface area contributed by atoms with Crippen LogP contribution in [0.5, 0.6) is 0 Å². The Kier molecular flexibility index (Phi) is 4.10. The second-order valence-corrected chi connectivity index (χ2v) is 5.12. The molecule has 22 heavy (non-hydrogen) atoms. The monoisotopic (exact) mass is 294 g/mol. The first-order valence-electron chi connectivity index (χ1n) is 7.38. The number of benzene rings is 1. The number of anilines is 1. The first kappa shape index (κ1) is 14.2. The van der Waals surface area contributed by atoms with Gasteiger partial charge in [0.2, 0.25) is 5.91 Å². The number of carbonyl (C=O) groups is 1. The molecule has 0 unspecified atom stereocenters. The lowest BCUT2D eigenvalue weighted by Gasteiger charge is -2.05. The van der Waals surface area contributed by atoms with Crippen LogP contribution in [0.3, 0.4) is 0 Å². The number of rotatable bonds is 5. The van der Waals surface area contributed by atoms with Gasteiger partial charge in [-0.15, -0.1) is 0 Å². The van der Waals surface area contributed by atoms with Crippen molar-refractivity contribution in [1.82, 2.24) is 4.57 Å². The fourth-order valence-corrected chi connectivity index (χ4v) is 2.44. The Hall–Kier alpha value is -2.75. The van der Waals surface area contributed by atoms with Crippen molar-refractivity contribution in [1.29, 1.82) is 0 Å². The van der Waals surface area contributed by atoms with E-state index < -0.39 is 0 Å². The highest BCUT2D eigenvalue weighted by Gasteiger charge is 2.03. The van der Waals surface area contributed by atoms with Crippen LogP contribution in [-0.4, -0.2) is 10.5 Å². The molecule has 0 fully saturated rings. The molecule has 1 N–H and O–H groups in total. The first-order chi connectivity index (χ1) is 10.8. The predicted octanol–water partition coefficient (Wildman–Crippen LogP) is 4.30. The zero-order chi connectivity index (χ0) is 15.4. The van der Waals surface area contributed by atoms with Crippen molar-refractivity contribution < 1.29 is 9.21 Å². The molecular weight excluding hydrogens is 276 g/mol. The lowest BCUT2D eigenvalue weighted by Crippen LogP contribution is -2.07. The molecule has 0 atom stereocenters. The van der Waals surface area contributed by atoms with E-state index in [9.17, 15) is 4.79 Å². The standard InChI is InChI=1S/C18H18N2O2/c1-2-10-20-11-9-14-13-15(5-7-17(14)20)19-18(21)8-6-16-4-3-12-22-16/h3-9,11-13H,2,10H2,1H3,(H,19,21)/b8-6+.